The summed E-state index contributed by atoms with van der Waals surface area (Å²) in [6, 6.07) is 6.29. The molecule has 0 aliphatic carbocycles. The molecule has 2 unspecified atom stereocenters. The summed E-state index contributed by atoms with van der Waals surface area (Å²) in [7, 11) is 1.62. The molecule has 2 N–H and O–H groups in total. The number of amides is 1. The van der Waals surface area contributed by atoms with Gasteiger partial charge in [-0.25, -0.2) is 0 Å². The zero-order chi connectivity index (χ0) is 15.1. The van der Waals surface area contributed by atoms with Gasteiger partial charge in [-0.3, -0.25) is 10.1 Å². The molecule has 1 rings (SSSR count). The quantitative estimate of drug-likeness (QED) is 0.751. The third-order valence-electron chi connectivity index (χ3n) is 3.40. The van der Waals surface area contributed by atoms with Crippen molar-refractivity contribution in [1.82, 2.24) is 10.6 Å². The SMILES string of the molecule is COCCNC(=O)C(C)NC(C)c1cc(C)ccc1C. The lowest BCUT2D eigenvalue weighted by Gasteiger charge is -2.21. The average molecular weight is 278 g/mol. The van der Waals surface area contributed by atoms with Crippen LogP contribution in [0.15, 0.2) is 18.2 Å². The molecule has 1 aromatic carbocycles. The molecular weight excluding hydrogens is 252 g/mol. The second-order valence-electron chi connectivity index (χ2n) is 5.25. The molecule has 4 heteroatoms. The summed E-state index contributed by atoms with van der Waals surface area (Å²) < 4.78 is 4.92. The number of hydrogen-bond acceptors (Lipinski definition) is 3. The van der Waals surface area contributed by atoms with Crippen LogP contribution < -0.4 is 10.6 Å². The molecule has 0 radical (unpaired) electrons. The Balaban J connectivity index is 2.58. The van der Waals surface area contributed by atoms with Crippen LogP contribution in [-0.4, -0.2) is 32.2 Å². The summed E-state index contributed by atoms with van der Waals surface area (Å²) >= 11 is 0. The lowest BCUT2D eigenvalue weighted by molar-refractivity contribution is -0.123. The predicted molar refractivity (Wildman–Crippen MR) is 81.8 cm³/mol. The normalized spacial score (nSPS) is 13.8. The van der Waals surface area contributed by atoms with Crippen molar-refractivity contribution < 1.29 is 9.53 Å². The zero-order valence-electron chi connectivity index (χ0n) is 13.1. The number of ether oxygens (including phenoxy) is 1. The molecule has 20 heavy (non-hydrogen) atoms. The number of aryl methyl sites for hydroxylation is 2. The van der Waals surface area contributed by atoms with Gasteiger partial charge in [-0.1, -0.05) is 23.8 Å². The van der Waals surface area contributed by atoms with Crippen LogP contribution >= 0.6 is 0 Å². The van der Waals surface area contributed by atoms with Crippen LogP contribution in [0.5, 0.6) is 0 Å². The maximum absolute atomic E-state index is 11.9. The van der Waals surface area contributed by atoms with Gasteiger partial charge in [-0.15, -0.1) is 0 Å². The van der Waals surface area contributed by atoms with Gasteiger partial charge in [0.15, 0.2) is 0 Å². The van der Waals surface area contributed by atoms with Gasteiger partial charge >= 0.3 is 0 Å². The van der Waals surface area contributed by atoms with E-state index < -0.39 is 0 Å². The molecule has 0 bridgehead atoms. The fourth-order valence-corrected chi connectivity index (χ4v) is 2.20. The molecule has 0 heterocycles. The van der Waals surface area contributed by atoms with E-state index >= 15 is 0 Å². The lowest BCUT2D eigenvalue weighted by Crippen LogP contribution is -2.44. The molecule has 0 aromatic heterocycles. The van der Waals surface area contributed by atoms with Gasteiger partial charge < -0.3 is 10.1 Å². The fraction of sp³-hybridized carbons (Fsp3) is 0.562. The average Bonchev–Trinajstić information content (AvgIpc) is 2.41. The highest BCUT2D eigenvalue weighted by Crippen LogP contribution is 2.19. The second kappa shape index (κ2) is 8.02. The van der Waals surface area contributed by atoms with Crippen LogP contribution in [0.2, 0.25) is 0 Å². The van der Waals surface area contributed by atoms with E-state index in [1.807, 2.05) is 6.92 Å². The van der Waals surface area contributed by atoms with Gasteiger partial charge in [0.1, 0.15) is 0 Å². The minimum absolute atomic E-state index is 0.000735. The van der Waals surface area contributed by atoms with Crippen LogP contribution in [0.1, 0.15) is 36.6 Å². The van der Waals surface area contributed by atoms with E-state index in [2.05, 4.69) is 49.6 Å². The maximum atomic E-state index is 11.9. The van der Waals surface area contributed by atoms with Gasteiger partial charge in [-0.2, -0.15) is 0 Å². The highest BCUT2D eigenvalue weighted by Gasteiger charge is 2.16. The van der Waals surface area contributed by atoms with E-state index in [0.717, 1.165) is 0 Å². The van der Waals surface area contributed by atoms with Gasteiger partial charge in [0.05, 0.1) is 12.6 Å². The Morgan fingerprint density at radius 1 is 1.30 bits per heavy atom. The first-order valence-corrected chi connectivity index (χ1v) is 7.05. The number of rotatable bonds is 7. The van der Waals surface area contributed by atoms with Crippen LogP contribution in [0.4, 0.5) is 0 Å². The largest absolute Gasteiger partial charge is 0.383 e. The van der Waals surface area contributed by atoms with Crippen molar-refractivity contribution in [3.63, 3.8) is 0 Å². The molecular formula is C16H26N2O2. The van der Waals surface area contributed by atoms with Gasteiger partial charge in [0.25, 0.3) is 0 Å². The molecule has 1 amide bonds. The molecule has 2 atom stereocenters. The van der Waals surface area contributed by atoms with Crippen molar-refractivity contribution in [2.75, 3.05) is 20.3 Å². The summed E-state index contributed by atoms with van der Waals surface area (Å²) in [6.45, 7) is 9.21. The number of carbonyl (C=O) groups excluding carboxylic acids is 1. The summed E-state index contributed by atoms with van der Waals surface area (Å²) in [6.07, 6.45) is 0. The van der Waals surface area contributed by atoms with E-state index in [1.165, 1.54) is 16.7 Å². The van der Waals surface area contributed by atoms with Crippen molar-refractivity contribution in [3.05, 3.63) is 34.9 Å². The van der Waals surface area contributed by atoms with E-state index in [1.54, 1.807) is 7.11 Å². The van der Waals surface area contributed by atoms with E-state index in [-0.39, 0.29) is 18.0 Å². The summed E-state index contributed by atoms with van der Waals surface area (Å²) in [5.41, 5.74) is 3.71. The van der Waals surface area contributed by atoms with Crippen molar-refractivity contribution in [1.29, 1.82) is 0 Å². The second-order valence-corrected chi connectivity index (χ2v) is 5.25. The van der Waals surface area contributed by atoms with Crippen LogP contribution in [0.25, 0.3) is 0 Å². The minimum atomic E-state index is -0.234. The lowest BCUT2D eigenvalue weighted by atomic mass is 9.99. The molecule has 0 saturated heterocycles. The van der Waals surface area contributed by atoms with E-state index in [9.17, 15) is 4.79 Å². The molecule has 0 aliphatic rings. The number of carbonyl (C=O) groups is 1. The molecule has 112 valence electrons. The predicted octanol–water partition coefficient (Wildman–Crippen LogP) is 2.11. The highest BCUT2D eigenvalue weighted by molar-refractivity contribution is 5.81. The fourth-order valence-electron chi connectivity index (χ4n) is 2.20. The van der Waals surface area contributed by atoms with Crippen LogP contribution in [0, 0.1) is 13.8 Å². The minimum Gasteiger partial charge on any atom is -0.383 e. The van der Waals surface area contributed by atoms with Crippen LogP contribution in [-0.2, 0) is 9.53 Å². The molecule has 0 aliphatic heterocycles. The van der Waals surface area contributed by atoms with E-state index in [0.29, 0.717) is 13.2 Å². The van der Waals surface area contributed by atoms with Crippen molar-refractivity contribution in [2.24, 2.45) is 0 Å². The van der Waals surface area contributed by atoms with Crippen molar-refractivity contribution in [3.8, 4) is 0 Å². The number of benzene rings is 1. The standard InChI is InChI=1S/C16H26N2O2/c1-11-6-7-12(2)15(10-11)13(3)18-14(4)16(19)17-8-9-20-5/h6-7,10,13-14,18H,8-9H2,1-5H3,(H,17,19). The molecule has 1 aromatic rings. The molecule has 4 nitrogen and oxygen atoms in total. The van der Waals surface area contributed by atoms with Crippen molar-refractivity contribution in [2.45, 2.75) is 39.8 Å². The highest BCUT2D eigenvalue weighted by atomic mass is 16.5. The third-order valence-corrected chi connectivity index (χ3v) is 3.40. The van der Waals surface area contributed by atoms with Gasteiger partial charge in [-0.05, 0) is 38.8 Å². The topological polar surface area (TPSA) is 50.4 Å². The van der Waals surface area contributed by atoms with E-state index in [4.69, 9.17) is 4.74 Å². The number of nitrogens with one attached hydrogen (secondary N) is 2. The maximum Gasteiger partial charge on any atom is 0.236 e. The monoisotopic (exact) mass is 278 g/mol. The Bertz CT molecular complexity index is 446. The first-order valence-electron chi connectivity index (χ1n) is 7.05. The Labute approximate surface area is 121 Å². The Morgan fingerprint density at radius 2 is 2.00 bits per heavy atom. The first kappa shape index (κ1) is 16.7. The first-order chi connectivity index (χ1) is 9.45. The number of hydrogen-bond donors (Lipinski definition) is 2. The van der Waals surface area contributed by atoms with Gasteiger partial charge in [0.2, 0.25) is 5.91 Å². The Morgan fingerprint density at radius 3 is 2.65 bits per heavy atom. The van der Waals surface area contributed by atoms with Crippen LogP contribution in [0.3, 0.4) is 0 Å². The number of methoxy groups -OCH3 is 1. The molecule has 0 fully saturated rings. The Hall–Kier alpha value is -1.39. The summed E-state index contributed by atoms with van der Waals surface area (Å²) in [5, 5.41) is 6.18. The molecule has 0 saturated carbocycles. The summed E-state index contributed by atoms with van der Waals surface area (Å²) in [4.78, 5) is 11.9. The Kier molecular flexibility index (Phi) is 6.68. The third kappa shape index (κ3) is 4.94. The summed E-state index contributed by atoms with van der Waals surface area (Å²) in [5.74, 6) is -0.000735. The van der Waals surface area contributed by atoms with Crippen molar-refractivity contribution >= 4 is 5.91 Å². The molecule has 0 spiro atoms. The zero-order valence-corrected chi connectivity index (χ0v) is 13.1. The van der Waals surface area contributed by atoms with Gasteiger partial charge in [0, 0.05) is 19.7 Å². The smallest absolute Gasteiger partial charge is 0.236 e.